The molecular weight excluding hydrogens is 272 g/mol. The van der Waals surface area contributed by atoms with Crippen molar-refractivity contribution in [2.45, 2.75) is 38.1 Å². The summed E-state index contributed by atoms with van der Waals surface area (Å²) < 4.78 is 0. The monoisotopic (exact) mass is 290 g/mol. The minimum absolute atomic E-state index is 0.0208. The van der Waals surface area contributed by atoms with Crippen molar-refractivity contribution in [3.8, 4) is 0 Å². The lowest BCUT2D eigenvalue weighted by atomic mass is 10.1. The molecule has 1 fully saturated rings. The van der Waals surface area contributed by atoms with Gasteiger partial charge in [0, 0.05) is 12.2 Å². The number of nitrogens with one attached hydrogen (secondary N) is 2. The van der Waals surface area contributed by atoms with Gasteiger partial charge >= 0.3 is 0 Å². The molecule has 6 heteroatoms. The molecule has 1 unspecified atom stereocenters. The third-order valence-electron chi connectivity index (χ3n) is 3.91. The fraction of sp³-hybridized carbons (Fsp3) is 0.500. The molecule has 1 aromatic heterocycles. The third-order valence-corrected chi connectivity index (χ3v) is 4.13. The first-order chi connectivity index (χ1) is 9.65. The number of aryl methyl sites for hydroxylation is 2. The topological polar surface area (TPSA) is 80.0 Å². The van der Waals surface area contributed by atoms with Crippen LogP contribution in [0.4, 0.5) is 5.82 Å². The maximum absolute atomic E-state index is 11.8. The van der Waals surface area contributed by atoms with Crippen molar-refractivity contribution in [3.05, 3.63) is 22.9 Å². The van der Waals surface area contributed by atoms with Crippen LogP contribution in [-0.4, -0.2) is 28.5 Å². The van der Waals surface area contributed by atoms with E-state index in [2.05, 4.69) is 15.6 Å². The summed E-state index contributed by atoms with van der Waals surface area (Å²) >= 11 is 5.12. The van der Waals surface area contributed by atoms with Gasteiger partial charge in [0.25, 0.3) is 0 Å². The summed E-state index contributed by atoms with van der Waals surface area (Å²) in [6, 6.07) is 1.78. The summed E-state index contributed by atoms with van der Waals surface area (Å²) in [6.07, 6.45) is 4.91. The van der Waals surface area contributed by atoms with E-state index in [0.717, 1.165) is 49.9 Å². The second-order valence-corrected chi connectivity index (χ2v) is 5.78. The average molecular weight is 290 g/mol. The molecule has 1 aromatic rings. The zero-order chi connectivity index (χ0) is 14.1. The lowest BCUT2D eigenvalue weighted by Gasteiger charge is -2.24. The van der Waals surface area contributed by atoms with Crippen LogP contribution >= 0.6 is 12.2 Å². The molecule has 4 N–H and O–H groups in total. The zero-order valence-corrected chi connectivity index (χ0v) is 12.1. The van der Waals surface area contributed by atoms with Crippen LogP contribution < -0.4 is 16.4 Å². The van der Waals surface area contributed by atoms with Crippen molar-refractivity contribution in [1.29, 1.82) is 0 Å². The number of carbonyl (C=O) groups is 1. The molecular formula is C14H18N4OS. The van der Waals surface area contributed by atoms with Crippen molar-refractivity contribution < 1.29 is 4.79 Å². The van der Waals surface area contributed by atoms with E-state index in [4.69, 9.17) is 18.0 Å². The number of fused-ring (bicyclic) bond motifs is 1. The standard InChI is InChI=1S/C14H18N4OS/c15-12(20)9-7-8-3-1-4-10(8)17-13(9)18-11-5-2-6-16-14(11)19/h7,11H,1-6H2,(H2,15,20)(H,16,19)(H,17,18). The minimum atomic E-state index is -0.246. The predicted molar refractivity (Wildman–Crippen MR) is 81.8 cm³/mol. The van der Waals surface area contributed by atoms with Crippen molar-refractivity contribution in [3.63, 3.8) is 0 Å². The Morgan fingerprint density at radius 2 is 2.30 bits per heavy atom. The molecule has 0 aromatic carbocycles. The Hall–Kier alpha value is -1.69. The summed E-state index contributed by atoms with van der Waals surface area (Å²) in [7, 11) is 0. The van der Waals surface area contributed by atoms with Gasteiger partial charge in [0.05, 0.1) is 5.56 Å². The highest BCUT2D eigenvalue weighted by Crippen LogP contribution is 2.26. The summed E-state index contributed by atoms with van der Waals surface area (Å²) in [5.41, 5.74) is 8.88. The number of hydrogen-bond donors (Lipinski definition) is 3. The number of rotatable bonds is 3. The molecule has 1 aliphatic carbocycles. The van der Waals surface area contributed by atoms with E-state index in [-0.39, 0.29) is 11.9 Å². The van der Waals surface area contributed by atoms with E-state index in [1.165, 1.54) is 5.56 Å². The summed E-state index contributed by atoms with van der Waals surface area (Å²) in [4.78, 5) is 16.8. The van der Waals surface area contributed by atoms with E-state index >= 15 is 0 Å². The predicted octanol–water partition coefficient (Wildman–Crippen LogP) is 0.895. The van der Waals surface area contributed by atoms with Crippen molar-refractivity contribution >= 4 is 28.9 Å². The van der Waals surface area contributed by atoms with Crippen LogP contribution in [0, 0.1) is 0 Å². The van der Waals surface area contributed by atoms with Gasteiger partial charge < -0.3 is 16.4 Å². The number of anilines is 1. The largest absolute Gasteiger partial charge is 0.389 e. The first-order valence-electron chi connectivity index (χ1n) is 7.02. The highest BCUT2D eigenvalue weighted by atomic mass is 32.1. The van der Waals surface area contributed by atoms with Crippen LogP contribution in [0.15, 0.2) is 6.07 Å². The van der Waals surface area contributed by atoms with Crippen LogP contribution in [0.25, 0.3) is 0 Å². The quantitative estimate of drug-likeness (QED) is 0.721. The smallest absolute Gasteiger partial charge is 0.242 e. The average Bonchev–Trinajstić information content (AvgIpc) is 2.87. The van der Waals surface area contributed by atoms with E-state index in [0.29, 0.717) is 10.8 Å². The normalized spacial score (nSPS) is 21.2. The number of thiocarbonyl (C=S) groups is 1. The summed E-state index contributed by atoms with van der Waals surface area (Å²) in [5, 5.41) is 6.08. The minimum Gasteiger partial charge on any atom is -0.389 e. The van der Waals surface area contributed by atoms with Gasteiger partial charge in [0.1, 0.15) is 16.8 Å². The summed E-state index contributed by atoms with van der Waals surface area (Å²) in [5.74, 6) is 0.674. The van der Waals surface area contributed by atoms with Gasteiger partial charge in [-0.15, -0.1) is 0 Å². The van der Waals surface area contributed by atoms with Gasteiger partial charge in [-0.1, -0.05) is 12.2 Å². The van der Waals surface area contributed by atoms with Crippen molar-refractivity contribution in [2.24, 2.45) is 5.73 Å². The number of amides is 1. The number of piperidine rings is 1. The molecule has 1 amide bonds. The van der Waals surface area contributed by atoms with Crippen molar-refractivity contribution in [2.75, 3.05) is 11.9 Å². The molecule has 0 bridgehead atoms. The molecule has 3 rings (SSSR count). The first kappa shape index (κ1) is 13.3. The van der Waals surface area contributed by atoms with Gasteiger partial charge in [-0.2, -0.15) is 0 Å². The number of aromatic nitrogens is 1. The Morgan fingerprint density at radius 1 is 1.45 bits per heavy atom. The lowest BCUT2D eigenvalue weighted by Crippen LogP contribution is -2.44. The van der Waals surface area contributed by atoms with Crippen LogP contribution in [0.2, 0.25) is 0 Å². The van der Waals surface area contributed by atoms with Gasteiger partial charge in [-0.3, -0.25) is 4.79 Å². The van der Waals surface area contributed by atoms with Gasteiger partial charge in [-0.25, -0.2) is 4.98 Å². The number of nitrogens with two attached hydrogens (primary N) is 1. The number of hydrogen-bond acceptors (Lipinski definition) is 4. The van der Waals surface area contributed by atoms with Crippen LogP contribution in [0.5, 0.6) is 0 Å². The van der Waals surface area contributed by atoms with Gasteiger partial charge in [0.15, 0.2) is 0 Å². The Bertz CT molecular complexity index is 573. The number of nitrogens with zero attached hydrogens (tertiary/aromatic N) is 1. The van der Waals surface area contributed by atoms with Crippen molar-refractivity contribution in [1.82, 2.24) is 10.3 Å². The Balaban J connectivity index is 1.91. The highest BCUT2D eigenvalue weighted by Gasteiger charge is 2.25. The highest BCUT2D eigenvalue weighted by molar-refractivity contribution is 7.80. The molecule has 5 nitrogen and oxygen atoms in total. The molecule has 0 radical (unpaired) electrons. The van der Waals surface area contributed by atoms with E-state index < -0.39 is 0 Å². The van der Waals surface area contributed by atoms with E-state index in [1.807, 2.05) is 6.07 Å². The summed E-state index contributed by atoms with van der Waals surface area (Å²) in [6.45, 7) is 0.747. The maximum Gasteiger partial charge on any atom is 0.242 e. The molecule has 20 heavy (non-hydrogen) atoms. The molecule has 2 aliphatic rings. The fourth-order valence-electron chi connectivity index (χ4n) is 2.84. The fourth-order valence-corrected chi connectivity index (χ4v) is 3.00. The molecule has 2 heterocycles. The van der Waals surface area contributed by atoms with Crippen LogP contribution in [-0.2, 0) is 17.6 Å². The van der Waals surface area contributed by atoms with E-state index in [1.54, 1.807) is 0 Å². The lowest BCUT2D eigenvalue weighted by molar-refractivity contribution is -0.123. The maximum atomic E-state index is 11.8. The molecule has 1 aliphatic heterocycles. The van der Waals surface area contributed by atoms with Crippen LogP contribution in [0.1, 0.15) is 36.1 Å². The second kappa shape index (κ2) is 5.36. The molecule has 1 saturated heterocycles. The second-order valence-electron chi connectivity index (χ2n) is 5.34. The van der Waals surface area contributed by atoms with Crippen LogP contribution in [0.3, 0.4) is 0 Å². The number of pyridine rings is 1. The molecule has 0 saturated carbocycles. The third kappa shape index (κ3) is 2.47. The zero-order valence-electron chi connectivity index (χ0n) is 11.2. The molecule has 106 valence electrons. The van der Waals surface area contributed by atoms with E-state index in [9.17, 15) is 4.79 Å². The Kier molecular flexibility index (Phi) is 3.56. The number of carbonyl (C=O) groups excluding carboxylic acids is 1. The molecule has 0 spiro atoms. The Labute approximate surface area is 123 Å². The SMILES string of the molecule is NC(=S)c1cc2c(nc1NC1CCCNC1=O)CCC2. The van der Waals surface area contributed by atoms with Gasteiger partial charge in [0.2, 0.25) is 5.91 Å². The van der Waals surface area contributed by atoms with Gasteiger partial charge in [-0.05, 0) is 43.7 Å². The molecule has 1 atom stereocenters. The Morgan fingerprint density at radius 3 is 3.05 bits per heavy atom. The first-order valence-corrected chi connectivity index (χ1v) is 7.43.